The molecule has 0 aliphatic carbocycles. The largest absolute Gasteiger partial charge is 0.497 e. The second-order valence-electron chi connectivity index (χ2n) is 8.88. The van der Waals surface area contributed by atoms with Crippen LogP contribution in [0.1, 0.15) is 17.0 Å². The number of para-hydroxylation sites is 2. The fraction of sp³-hybridized carbons (Fsp3) is 0.0625. The summed E-state index contributed by atoms with van der Waals surface area (Å²) in [5.74, 6) is 1.23. The van der Waals surface area contributed by atoms with E-state index >= 15 is 0 Å². The summed E-state index contributed by atoms with van der Waals surface area (Å²) in [7, 11) is 1.62. The molecule has 2 aromatic heterocycles. The van der Waals surface area contributed by atoms with Crippen molar-refractivity contribution in [2.75, 3.05) is 7.11 Å². The Morgan fingerprint density at radius 3 is 2.41 bits per heavy atom. The second-order valence-corrected chi connectivity index (χ2v) is 8.88. The highest BCUT2D eigenvalue weighted by Gasteiger charge is 2.13. The Morgan fingerprint density at radius 2 is 1.57 bits per heavy atom. The second kappa shape index (κ2) is 9.63. The van der Waals surface area contributed by atoms with Crippen molar-refractivity contribution in [2.45, 2.75) is 6.54 Å². The summed E-state index contributed by atoms with van der Waals surface area (Å²) in [6, 6.07) is 33.7. The Hall–Kier alpha value is -4.90. The van der Waals surface area contributed by atoms with E-state index in [1.165, 1.54) is 5.56 Å². The molecular formula is C32H25N3O2. The molecule has 0 atom stereocenters. The van der Waals surface area contributed by atoms with Gasteiger partial charge in [-0.1, -0.05) is 66.7 Å². The van der Waals surface area contributed by atoms with Gasteiger partial charge in [0.05, 0.1) is 23.7 Å². The smallest absolute Gasteiger partial charge is 0.266 e. The van der Waals surface area contributed by atoms with E-state index in [-0.39, 0.29) is 5.56 Å². The Bertz CT molecular complexity index is 1810. The minimum atomic E-state index is -0.120. The number of fused-ring (bicyclic) bond motifs is 2. The van der Waals surface area contributed by atoms with Crippen molar-refractivity contribution in [2.24, 2.45) is 0 Å². The first kappa shape index (κ1) is 22.6. The van der Waals surface area contributed by atoms with Crippen LogP contribution in [0.4, 0.5) is 0 Å². The van der Waals surface area contributed by atoms with E-state index in [1.807, 2.05) is 72.8 Å². The fourth-order valence-electron chi connectivity index (χ4n) is 4.74. The van der Waals surface area contributed by atoms with E-state index in [2.05, 4.69) is 53.2 Å². The molecule has 0 unspecified atom stereocenters. The third kappa shape index (κ3) is 4.32. The highest BCUT2D eigenvalue weighted by Crippen LogP contribution is 2.25. The van der Waals surface area contributed by atoms with E-state index < -0.39 is 0 Å². The average molecular weight is 484 g/mol. The zero-order valence-electron chi connectivity index (χ0n) is 20.4. The predicted octanol–water partition coefficient (Wildman–Crippen LogP) is 6.57. The molecule has 5 nitrogen and oxygen atoms in total. The topological polar surface area (TPSA) is 49.0 Å². The van der Waals surface area contributed by atoms with Gasteiger partial charge in [0.2, 0.25) is 0 Å². The highest BCUT2D eigenvalue weighted by atomic mass is 16.5. The number of benzene rings is 4. The van der Waals surface area contributed by atoms with Gasteiger partial charge in [0, 0.05) is 35.3 Å². The first-order valence-electron chi connectivity index (χ1n) is 12.2. The summed E-state index contributed by atoms with van der Waals surface area (Å²) >= 11 is 0. The van der Waals surface area contributed by atoms with Gasteiger partial charge in [0.1, 0.15) is 11.6 Å². The molecule has 4 aromatic carbocycles. The molecule has 0 bridgehead atoms. The van der Waals surface area contributed by atoms with Crippen LogP contribution in [-0.2, 0) is 6.54 Å². The van der Waals surface area contributed by atoms with Crippen LogP contribution in [0.25, 0.3) is 39.6 Å². The van der Waals surface area contributed by atoms with Gasteiger partial charge in [-0.2, -0.15) is 0 Å². The van der Waals surface area contributed by atoms with Crippen molar-refractivity contribution in [3.8, 4) is 11.4 Å². The van der Waals surface area contributed by atoms with Gasteiger partial charge in [-0.25, -0.2) is 4.98 Å². The lowest BCUT2D eigenvalue weighted by Crippen LogP contribution is -2.22. The van der Waals surface area contributed by atoms with E-state index in [1.54, 1.807) is 11.7 Å². The Balaban J connectivity index is 1.50. The lowest BCUT2D eigenvalue weighted by molar-refractivity contribution is 0.414. The maximum atomic E-state index is 13.6. The Labute approximate surface area is 214 Å². The number of ether oxygens (including phenoxy) is 1. The van der Waals surface area contributed by atoms with Gasteiger partial charge in [0.15, 0.2) is 0 Å². The van der Waals surface area contributed by atoms with E-state index in [0.717, 1.165) is 23.0 Å². The van der Waals surface area contributed by atoms with Crippen molar-refractivity contribution in [1.82, 2.24) is 14.1 Å². The molecule has 0 N–H and O–H groups in total. The number of hydrogen-bond acceptors (Lipinski definition) is 3. The molecule has 0 fully saturated rings. The summed E-state index contributed by atoms with van der Waals surface area (Å²) in [6.45, 7) is 0.776. The molecule has 37 heavy (non-hydrogen) atoms. The standard InChI is InChI=1S/C32H25N3O2/c1-37-26-13-9-12-25(20-26)35-31(33-29-16-7-5-15-28(29)32(35)36)19-18-24-22-34(21-23-10-3-2-4-11-23)30-17-8-6-14-27(24)30/h2-20,22H,21H2,1H3/b19-18+. The Kier molecular flexibility index (Phi) is 5.87. The first-order valence-corrected chi connectivity index (χ1v) is 12.2. The van der Waals surface area contributed by atoms with E-state index in [0.29, 0.717) is 28.2 Å². The quantitative estimate of drug-likeness (QED) is 0.269. The molecule has 180 valence electrons. The van der Waals surface area contributed by atoms with Gasteiger partial charge in [-0.05, 0) is 48.0 Å². The maximum absolute atomic E-state index is 13.6. The number of hydrogen-bond donors (Lipinski definition) is 0. The maximum Gasteiger partial charge on any atom is 0.266 e. The van der Waals surface area contributed by atoms with Crippen LogP contribution < -0.4 is 10.3 Å². The zero-order valence-corrected chi connectivity index (χ0v) is 20.4. The molecule has 0 aliphatic heterocycles. The average Bonchev–Trinajstić information content (AvgIpc) is 3.29. The summed E-state index contributed by atoms with van der Waals surface area (Å²) in [6.07, 6.45) is 6.11. The zero-order chi connectivity index (χ0) is 25.2. The van der Waals surface area contributed by atoms with Gasteiger partial charge in [-0.3, -0.25) is 9.36 Å². The molecule has 0 radical (unpaired) electrons. The summed E-state index contributed by atoms with van der Waals surface area (Å²) in [5, 5.41) is 1.72. The van der Waals surface area contributed by atoms with Crippen LogP contribution in [0.3, 0.4) is 0 Å². The third-order valence-electron chi connectivity index (χ3n) is 6.54. The van der Waals surface area contributed by atoms with Crippen LogP contribution >= 0.6 is 0 Å². The molecule has 5 heteroatoms. The predicted molar refractivity (Wildman–Crippen MR) is 150 cm³/mol. The fourth-order valence-corrected chi connectivity index (χ4v) is 4.74. The van der Waals surface area contributed by atoms with Crippen molar-refractivity contribution in [1.29, 1.82) is 0 Å². The number of rotatable bonds is 6. The minimum absolute atomic E-state index is 0.120. The molecule has 2 heterocycles. The lowest BCUT2D eigenvalue weighted by atomic mass is 10.1. The van der Waals surface area contributed by atoms with Crippen LogP contribution in [0.15, 0.2) is 114 Å². The summed E-state index contributed by atoms with van der Waals surface area (Å²) < 4.78 is 9.32. The first-order chi connectivity index (χ1) is 18.2. The van der Waals surface area contributed by atoms with Crippen LogP contribution in [0, 0.1) is 0 Å². The van der Waals surface area contributed by atoms with E-state index in [9.17, 15) is 4.79 Å². The van der Waals surface area contributed by atoms with Crippen LogP contribution in [-0.4, -0.2) is 21.2 Å². The SMILES string of the molecule is COc1cccc(-n2c(/C=C/c3cn(Cc4ccccc4)c4ccccc34)nc3ccccc3c2=O)c1. The highest BCUT2D eigenvalue weighted by molar-refractivity contribution is 5.92. The van der Waals surface area contributed by atoms with Gasteiger partial charge >= 0.3 is 0 Å². The molecular weight excluding hydrogens is 458 g/mol. The minimum Gasteiger partial charge on any atom is -0.497 e. The van der Waals surface area contributed by atoms with Crippen molar-refractivity contribution >= 4 is 34.0 Å². The lowest BCUT2D eigenvalue weighted by Gasteiger charge is -2.12. The van der Waals surface area contributed by atoms with Gasteiger partial charge in [-0.15, -0.1) is 0 Å². The van der Waals surface area contributed by atoms with E-state index in [4.69, 9.17) is 9.72 Å². The summed E-state index contributed by atoms with van der Waals surface area (Å²) in [5.41, 5.74) is 4.70. The van der Waals surface area contributed by atoms with Crippen LogP contribution in [0.5, 0.6) is 5.75 Å². The van der Waals surface area contributed by atoms with Crippen molar-refractivity contribution in [3.63, 3.8) is 0 Å². The molecule has 6 aromatic rings. The van der Waals surface area contributed by atoms with Crippen molar-refractivity contribution in [3.05, 3.63) is 137 Å². The molecule has 6 rings (SSSR count). The molecule has 0 spiro atoms. The number of methoxy groups -OCH3 is 1. The van der Waals surface area contributed by atoms with Crippen molar-refractivity contribution < 1.29 is 4.74 Å². The monoisotopic (exact) mass is 483 g/mol. The Morgan fingerprint density at radius 1 is 0.811 bits per heavy atom. The summed E-state index contributed by atoms with van der Waals surface area (Å²) in [4.78, 5) is 18.5. The number of aromatic nitrogens is 3. The molecule has 0 saturated heterocycles. The third-order valence-corrected chi connectivity index (χ3v) is 6.54. The number of nitrogens with zero attached hydrogens (tertiary/aromatic N) is 3. The molecule has 0 saturated carbocycles. The molecule has 0 amide bonds. The van der Waals surface area contributed by atoms with Gasteiger partial charge in [0.25, 0.3) is 5.56 Å². The normalized spacial score (nSPS) is 11.5. The van der Waals surface area contributed by atoms with Gasteiger partial charge < -0.3 is 9.30 Å². The van der Waals surface area contributed by atoms with Crippen LogP contribution in [0.2, 0.25) is 0 Å². The molecule has 0 aliphatic rings.